The van der Waals surface area contributed by atoms with Crippen molar-refractivity contribution in [3.63, 3.8) is 0 Å². The van der Waals surface area contributed by atoms with Gasteiger partial charge in [-0.15, -0.1) is 4.68 Å². The summed E-state index contributed by atoms with van der Waals surface area (Å²) in [5.74, 6) is -0.392. The number of ether oxygens (including phenoxy) is 1. The number of nitrogens with zero attached hydrogens (tertiary/aromatic N) is 4. The Labute approximate surface area is 158 Å². The van der Waals surface area contributed by atoms with Crippen LogP contribution in [0.4, 0.5) is 13.2 Å². The highest BCUT2D eigenvalue weighted by Gasteiger charge is 2.57. The summed E-state index contributed by atoms with van der Waals surface area (Å²) in [6, 6.07) is 5.26. The number of halogens is 3. The molecule has 2 N–H and O–H groups in total. The molecule has 28 heavy (non-hydrogen) atoms. The fraction of sp³-hybridized carbons (Fsp3) is 0.529. The van der Waals surface area contributed by atoms with Gasteiger partial charge in [-0.25, -0.2) is 5.10 Å². The Morgan fingerprint density at radius 2 is 1.96 bits per heavy atom. The number of carbonyl (C=O) groups excluding carboxylic acids is 1. The number of hydrogen-bond acceptors (Lipinski definition) is 5. The number of carbonyl (C=O) groups is 1. The van der Waals surface area contributed by atoms with E-state index in [0.717, 1.165) is 10.6 Å². The van der Waals surface area contributed by atoms with E-state index in [1.54, 1.807) is 23.0 Å². The summed E-state index contributed by atoms with van der Waals surface area (Å²) < 4.78 is 45.4. The summed E-state index contributed by atoms with van der Waals surface area (Å²) in [5.41, 5.74) is -2.50. The molecule has 1 saturated heterocycles. The summed E-state index contributed by atoms with van der Waals surface area (Å²) in [5, 5.41) is 20.7. The highest BCUT2D eigenvalue weighted by atomic mass is 19.4. The van der Waals surface area contributed by atoms with Crippen molar-refractivity contribution in [1.82, 2.24) is 20.2 Å². The molecular weight excluding hydrogens is 379 g/mol. The number of alkyl halides is 3. The van der Waals surface area contributed by atoms with Gasteiger partial charge in [-0.2, -0.15) is 13.2 Å². The van der Waals surface area contributed by atoms with E-state index in [2.05, 4.69) is 15.3 Å². The van der Waals surface area contributed by atoms with Crippen LogP contribution in [-0.4, -0.2) is 63.2 Å². The molecule has 0 spiro atoms. The number of amides is 1. The van der Waals surface area contributed by atoms with E-state index < -0.39 is 17.7 Å². The number of rotatable bonds is 4. The van der Waals surface area contributed by atoms with Gasteiger partial charge in [-0.3, -0.25) is 4.79 Å². The lowest BCUT2D eigenvalue weighted by Gasteiger charge is -2.36. The van der Waals surface area contributed by atoms with Crippen LogP contribution in [0.15, 0.2) is 24.4 Å². The zero-order chi connectivity index (χ0) is 20.5. The van der Waals surface area contributed by atoms with Gasteiger partial charge in [0.2, 0.25) is 5.60 Å². The van der Waals surface area contributed by atoms with E-state index in [9.17, 15) is 23.1 Å². The second kappa shape index (κ2) is 7.38. The SMILES string of the molecule is COc1ccc(-[n+]2[nH]ccc2C2CCN(C(=O)[C@@](C)(O)C(F)(F)F)CC2)nn1. The first-order chi connectivity index (χ1) is 13.1. The molecule has 0 unspecified atom stereocenters. The first-order valence-electron chi connectivity index (χ1n) is 8.71. The number of methoxy groups -OCH3 is 1. The minimum Gasteiger partial charge on any atom is -0.478 e. The van der Waals surface area contributed by atoms with Crippen LogP contribution in [-0.2, 0) is 4.79 Å². The van der Waals surface area contributed by atoms with E-state index in [4.69, 9.17) is 4.74 Å². The third-order valence-electron chi connectivity index (χ3n) is 4.95. The molecule has 1 atom stereocenters. The molecule has 2 aromatic rings. The average Bonchev–Trinajstić information content (AvgIpc) is 3.16. The van der Waals surface area contributed by atoms with E-state index >= 15 is 0 Å². The smallest absolute Gasteiger partial charge is 0.426 e. The predicted molar refractivity (Wildman–Crippen MR) is 89.7 cm³/mol. The topological polar surface area (TPSA) is 95.2 Å². The third kappa shape index (κ3) is 3.66. The fourth-order valence-electron chi connectivity index (χ4n) is 3.21. The lowest BCUT2D eigenvalue weighted by atomic mass is 9.92. The van der Waals surface area contributed by atoms with Crippen LogP contribution in [0.25, 0.3) is 5.82 Å². The number of aliphatic hydroxyl groups is 1. The van der Waals surface area contributed by atoms with Gasteiger partial charge >= 0.3 is 12.0 Å². The molecule has 11 heteroatoms. The van der Waals surface area contributed by atoms with Gasteiger partial charge in [-0.05, 0) is 19.8 Å². The van der Waals surface area contributed by atoms with E-state index in [-0.39, 0.29) is 19.0 Å². The maximum Gasteiger partial charge on any atom is 0.426 e. The molecule has 3 heterocycles. The molecule has 0 saturated carbocycles. The average molecular weight is 400 g/mol. The number of aromatic amines is 1. The summed E-state index contributed by atoms with van der Waals surface area (Å²) in [4.78, 5) is 13.2. The number of piperidine rings is 1. The minimum absolute atomic E-state index is 0.00929. The highest BCUT2D eigenvalue weighted by molar-refractivity contribution is 5.85. The molecule has 0 aromatic carbocycles. The molecular formula is C17H21F3N5O3+. The molecule has 8 nitrogen and oxygen atoms in total. The van der Waals surface area contributed by atoms with Crippen molar-refractivity contribution in [3.8, 4) is 11.7 Å². The Balaban J connectivity index is 1.71. The quantitative estimate of drug-likeness (QED) is 0.750. The van der Waals surface area contributed by atoms with Crippen LogP contribution in [0.3, 0.4) is 0 Å². The van der Waals surface area contributed by atoms with Gasteiger partial charge in [0.15, 0.2) is 0 Å². The van der Waals surface area contributed by atoms with Crippen molar-refractivity contribution in [3.05, 3.63) is 30.1 Å². The van der Waals surface area contributed by atoms with Gasteiger partial charge in [0.1, 0.15) is 5.69 Å². The first-order valence-corrected chi connectivity index (χ1v) is 8.71. The molecule has 2 aromatic heterocycles. The number of likely N-dealkylation sites (tertiary alicyclic amines) is 1. The monoisotopic (exact) mass is 400 g/mol. The van der Waals surface area contributed by atoms with Gasteiger partial charge in [0.05, 0.1) is 12.2 Å². The summed E-state index contributed by atoms with van der Waals surface area (Å²) in [7, 11) is 1.49. The maximum absolute atomic E-state index is 12.9. The second-order valence-corrected chi connectivity index (χ2v) is 6.79. The Bertz CT molecular complexity index is 827. The third-order valence-corrected chi connectivity index (χ3v) is 4.95. The maximum atomic E-state index is 12.9. The highest BCUT2D eigenvalue weighted by Crippen LogP contribution is 2.34. The van der Waals surface area contributed by atoms with Crippen LogP contribution in [0.1, 0.15) is 31.4 Å². The van der Waals surface area contributed by atoms with Crippen molar-refractivity contribution < 1.29 is 32.5 Å². The molecule has 1 aliphatic rings. The normalized spacial score (nSPS) is 18.0. The van der Waals surface area contributed by atoms with Crippen molar-refractivity contribution in [1.29, 1.82) is 0 Å². The van der Waals surface area contributed by atoms with Gasteiger partial charge in [-0.1, -0.05) is 0 Å². The molecule has 3 rings (SSSR count). The second-order valence-electron chi connectivity index (χ2n) is 6.79. The fourth-order valence-corrected chi connectivity index (χ4v) is 3.21. The molecule has 152 valence electrons. The zero-order valence-electron chi connectivity index (χ0n) is 15.4. The van der Waals surface area contributed by atoms with Gasteiger partial charge in [0, 0.05) is 48.5 Å². The van der Waals surface area contributed by atoms with E-state index in [1.165, 1.54) is 7.11 Å². The van der Waals surface area contributed by atoms with Gasteiger partial charge in [0.25, 0.3) is 11.8 Å². The number of nitrogens with one attached hydrogen (secondary N) is 1. The van der Waals surface area contributed by atoms with Gasteiger partial charge < -0.3 is 14.7 Å². The largest absolute Gasteiger partial charge is 0.478 e. The summed E-state index contributed by atoms with van der Waals surface area (Å²) in [6.45, 7) is 0.730. The molecule has 0 bridgehead atoms. The first kappa shape index (κ1) is 20.1. The van der Waals surface area contributed by atoms with E-state index in [0.29, 0.717) is 31.5 Å². The number of H-pyrrole nitrogens is 1. The Morgan fingerprint density at radius 1 is 1.29 bits per heavy atom. The van der Waals surface area contributed by atoms with Crippen molar-refractivity contribution in [2.24, 2.45) is 0 Å². The molecule has 1 amide bonds. The summed E-state index contributed by atoms with van der Waals surface area (Å²) in [6.07, 6.45) is -2.37. The van der Waals surface area contributed by atoms with E-state index in [1.807, 2.05) is 6.07 Å². The Kier molecular flexibility index (Phi) is 5.28. The van der Waals surface area contributed by atoms with Crippen LogP contribution in [0, 0.1) is 0 Å². The molecule has 0 aliphatic carbocycles. The Morgan fingerprint density at radius 3 is 2.50 bits per heavy atom. The van der Waals surface area contributed by atoms with Crippen molar-refractivity contribution in [2.45, 2.75) is 37.5 Å². The van der Waals surface area contributed by atoms with Crippen LogP contribution in [0.2, 0.25) is 0 Å². The van der Waals surface area contributed by atoms with Crippen LogP contribution >= 0.6 is 0 Å². The molecule has 0 radical (unpaired) electrons. The Hall–Kier alpha value is -2.69. The summed E-state index contributed by atoms with van der Waals surface area (Å²) >= 11 is 0. The lowest BCUT2D eigenvalue weighted by Crippen LogP contribution is -2.57. The molecule has 1 fully saturated rings. The van der Waals surface area contributed by atoms with Crippen molar-refractivity contribution in [2.75, 3.05) is 20.2 Å². The van der Waals surface area contributed by atoms with Crippen LogP contribution < -0.4 is 9.42 Å². The lowest BCUT2D eigenvalue weighted by molar-refractivity contribution is -0.668. The predicted octanol–water partition coefficient (Wildman–Crippen LogP) is 1.11. The van der Waals surface area contributed by atoms with Crippen LogP contribution in [0.5, 0.6) is 5.88 Å². The number of hydrogen-bond donors (Lipinski definition) is 2. The standard InChI is InChI=1S/C17H20F3N5O3/c1-16(27,17(18,19)20)15(26)24-9-6-11(7-10-24)12-5-8-21-25(12)13-3-4-14(28-2)23-22-13/h3-5,8,11,27H,6-7,9-10H2,1-2H3/p+1/t16-/m1/s1. The zero-order valence-corrected chi connectivity index (χ0v) is 15.4. The number of aromatic nitrogens is 4. The van der Waals surface area contributed by atoms with Crippen molar-refractivity contribution >= 4 is 5.91 Å². The molecule has 1 aliphatic heterocycles. The minimum atomic E-state index is -5.02.